The van der Waals surface area contributed by atoms with Crippen LogP contribution in [0.5, 0.6) is 23.1 Å². The molecule has 0 saturated heterocycles. The first-order valence-electron chi connectivity index (χ1n) is 8.45. The molecule has 1 aliphatic rings. The van der Waals surface area contributed by atoms with Crippen LogP contribution in [0.1, 0.15) is 28.3 Å². The maximum Gasteiger partial charge on any atom is 0.416 e. The van der Waals surface area contributed by atoms with E-state index in [1.165, 1.54) is 0 Å². The van der Waals surface area contributed by atoms with Gasteiger partial charge in [0, 0.05) is 17.5 Å². The number of halogens is 4. The fourth-order valence-corrected chi connectivity index (χ4v) is 4.26. The van der Waals surface area contributed by atoms with Crippen molar-refractivity contribution in [2.75, 3.05) is 6.61 Å². The number of fused-ring (bicyclic) bond motifs is 1. The fourth-order valence-electron chi connectivity index (χ4n) is 3.16. The number of ether oxygens (including phenoxy) is 2. The third-order valence-electron chi connectivity index (χ3n) is 4.48. The summed E-state index contributed by atoms with van der Waals surface area (Å²) in [6.45, 7) is 0.369. The third kappa shape index (κ3) is 3.92. The van der Waals surface area contributed by atoms with Crippen molar-refractivity contribution < 1.29 is 27.8 Å². The number of nitrogens with one attached hydrogen (secondary N) is 1. The Morgan fingerprint density at radius 2 is 2.03 bits per heavy atom. The Kier molecular flexibility index (Phi) is 4.95. The number of aromatic amines is 1. The van der Waals surface area contributed by atoms with Gasteiger partial charge in [0.15, 0.2) is 0 Å². The highest BCUT2D eigenvalue weighted by Gasteiger charge is 2.31. The minimum atomic E-state index is -4.49. The van der Waals surface area contributed by atoms with Gasteiger partial charge in [-0.15, -0.1) is 0 Å². The standard InChI is InChI=1S/C19H13ClF3NO4S/c20-13-7-9(19(21,22)23)1-4-14(13)28-10-2-3-11-12(5-6-27-15(11)8-10)16-17(25)24-18(26)29-16/h1-4,7-8,12,25H,5-6H2,(H,24,26)/t12-/m1/s1. The molecule has 0 spiro atoms. The van der Waals surface area contributed by atoms with E-state index in [4.69, 9.17) is 21.1 Å². The van der Waals surface area contributed by atoms with Gasteiger partial charge >= 0.3 is 11.0 Å². The van der Waals surface area contributed by atoms with Crippen molar-refractivity contribution in [3.63, 3.8) is 0 Å². The molecule has 0 fully saturated rings. The number of aromatic nitrogens is 1. The van der Waals surface area contributed by atoms with Gasteiger partial charge in [-0.25, -0.2) is 0 Å². The molecule has 2 heterocycles. The predicted molar refractivity (Wildman–Crippen MR) is 102 cm³/mol. The molecular formula is C19H13ClF3NO4S. The van der Waals surface area contributed by atoms with Gasteiger partial charge in [-0.2, -0.15) is 13.2 Å². The number of rotatable bonds is 3. The number of alkyl halides is 3. The molecule has 0 saturated carbocycles. The summed E-state index contributed by atoms with van der Waals surface area (Å²) in [5, 5.41) is 9.80. The van der Waals surface area contributed by atoms with E-state index >= 15 is 0 Å². The molecule has 2 N–H and O–H groups in total. The summed E-state index contributed by atoms with van der Waals surface area (Å²) < 4.78 is 49.6. The van der Waals surface area contributed by atoms with E-state index in [1.807, 2.05) is 0 Å². The van der Waals surface area contributed by atoms with Crippen LogP contribution in [0.25, 0.3) is 0 Å². The number of H-pyrrole nitrogens is 1. The van der Waals surface area contributed by atoms with E-state index in [1.54, 1.807) is 18.2 Å². The molecule has 0 radical (unpaired) electrons. The Labute approximate surface area is 171 Å². The average Bonchev–Trinajstić information content (AvgIpc) is 3.00. The first-order chi connectivity index (χ1) is 13.7. The highest BCUT2D eigenvalue weighted by molar-refractivity contribution is 7.09. The SMILES string of the molecule is O=c1[nH]c(O)c([C@@H]2CCOc3cc(Oc4ccc(C(F)(F)F)cc4Cl)ccc32)s1. The van der Waals surface area contributed by atoms with Crippen LogP contribution < -0.4 is 14.3 Å². The smallest absolute Gasteiger partial charge is 0.416 e. The maximum atomic E-state index is 12.8. The Hall–Kier alpha value is -2.65. The highest BCUT2D eigenvalue weighted by atomic mass is 35.5. The second-order valence-corrected chi connectivity index (χ2v) is 7.78. The lowest BCUT2D eigenvalue weighted by Gasteiger charge is -2.25. The van der Waals surface area contributed by atoms with Gasteiger partial charge in [-0.1, -0.05) is 29.0 Å². The molecule has 1 aromatic heterocycles. The predicted octanol–water partition coefficient (Wildman–Crippen LogP) is 5.52. The Morgan fingerprint density at radius 1 is 1.24 bits per heavy atom. The average molecular weight is 444 g/mol. The topological polar surface area (TPSA) is 71.6 Å². The Bertz CT molecular complexity index is 1130. The minimum absolute atomic E-state index is 0.0773. The summed E-state index contributed by atoms with van der Waals surface area (Å²) in [6, 6.07) is 7.81. The molecule has 0 aliphatic carbocycles. The molecule has 5 nitrogen and oxygen atoms in total. The van der Waals surface area contributed by atoms with Gasteiger partial charge < -0.3 is 14.6 Å². The second-order valence-electron chi connectivity index (χ2n) is 6.36. The zero-order valence-electron chi connectivity index (χ0n) is 14.5. The number of aromatic hydroxyl groups is 1. The molecule has 29 heavy (non-hydrogen) atoms. The molecule has 1 aliphatic heterocycles. The first kappa shape index (κ1) is 19.7. The van der Waals surface area contributed by atoms with E-state index in [0.717, 1.165) is 35.1 Å². The van der Waals surface area contributed by atoms with E-state index in [2.05, 4.69) is 4.98 Å². The lowest BCUT2D eigenvalue weighted by Crippen LogP contribution is -2.14. The molecule has 3 aromatic rings. The van der Waals surface area contributed by atoms with Crippen LogP contribution in [0.15, 0.2) is 41.2 Å². The quantitative estimate of drug-likeness (QED) is 0.559. The van der Waals surface area contributed by atoms with Gasteiger partial charge in [-0.05, 0) is 30.7 Å². The van der Waals surface area contributed by atoms with Crippen molar-refractivity contribution in [2.24, 2.45) is 0 Å². The summed E-state index contributed by atoms with van der Waals surface area (Å²) in [6.07, 6.45) is -3.91. The molecule has 1 atom stereocenters. The molecule has 0 amide bonds. The maximum absolute atomic E-state index is 12.8. The Morgan fingerprint density at radius 3 is 2.69 bits per heavy atom. The zero-order valence-corrected chi connectivity index (χ0v) is 16.1. The summed E-state index contributed by atoms with van der Waals surface area (Å²) in [5.74, 6) is 0.536. The summed E-state index contributed by atoms with van der Waals surface area (Å²) in [4.78, 5) is 14.1. The molecule has 4 rings (SSSR count). The van der Waals surface area contributed by atoms with Crippen molar-refractivity contribution >= 4 is 22.9 Å². The largest absolute Gasteiger partial charge is 0.494 e. The number of benzene rings is 2. The molecule has 2 aromatic carbocycles. The zero-order chi connectivity index (χ0) is 20.8. The number of hydrogen-bond acceptors (Lipinski definition) is 5. The highest BCUT2D eigenvalue weighted by Crippen LogP contribution is 2.44. The van der Waals surface area contributed by atoms with Crippen LogP contribution in [0.4, 0.5) is 13.2 Å². The number of hydrogen-bond donors (Lipinski definition) is 2. The van der Waals surface area contributed by atoms with Crippen molar-refractivity contribution in [2.45, 2.75) is 18.5 Å². The van der Waals surface area contributed by atoms with Crippen molar-refractivity contribution in [1.29, 1.82) is 0 Å². The van der Waals surface area contributed by atoms with Crippen LogP contribution in [-0.2, 0) is 6.18 Å². The molecule has 0 unspecified atom stereocenters. The number of thiazole rings is 1. The molecular weight excluding hydrogens is 431 g/mol. The summed E-state index contributed by atoms with van der Waals surface area (Å²) in [5.41, 5.74) is -0.0931. The van der Waals surface area contributed by atoms with Gasteiger partial charge in [0.1, 0.15) is 17.2 Å². The van der Waals surface area contributed by atoms with Crippen LogP contribution in [0.3, 0.4) is 0 Å². The van der Waals surface area contributed by atoms with Gasteiger partial charge in [0.2, 0.25) is 5.88 Å². The molecule has 0 bridgehead atoms. The van der Waals surface area contributed by atoms with Gasteiger partial charge in [0.25, 0.3) is 0 Å². The summed E-state index contributed by atoms with van der Waals surface area (Å²) >= 11 is 6.88. The van der Waals surface area contributed by atoms with Crippen LogP contribution in [0.2, 0.25) is 5.02 Å². The van der Waals surface area contributed by atoms with E-state index in [-0.39, 0.29) is 27.4 Å². The minimum Gasteiger partial charge on any atom is -0.494 e. The normalized spacial score (nSPS) is 16.2. The van der Waals surface area contributed by atoms with E-state index in [0.29, 0.717) is 29.4 Å². The van der Waals surface area contributed by atoms with Gasteiger partial charge in [0.05, 0.1) is 22.1 Å². The van der Waals surface area contributed by atoms with Crippen molar-refractivity contribution in [3.8, 4) is 23.1 Å². The fraction of sp³-hybridized carbons (Fsp3) is 0.211. The Balaban J connectivity index is 1.62. The van der Waals surface area contributed by atoms with Crippen LogP contribution in [0, 0.1) is 0 Å². The first-order valence-corrected chi connectivity index (χ1v) is 9.65. The third-order valence-corrected chi connectivity index (χ3v) is 5.77. The van der Waals surface area contributed by atoms with Crippen molar-refractivity contribution in [3.05, 3.63) is 67.1 Å². The molecule has 152 valence electrons. The van der Waals surface area contributed by atoms with E-state index in [9.17, 15) is 23.1 Å². The van der Waals surface area contributed by atoms with Crippen LogP contribution in [-0.4, -0.2) is 16.7 Å². The lowest BCUT2D eigenvalue weighted by molar-refractivity contribution is -0.137. The molecule has 10 heteroatoms. The van der Waals surface area contributed by atoms with Gasteiger partial charge in [-0.3, -0.25) is 9.78 Å². The van der Waals surface area contributed by atoms with Crippen molar-refractivity contribution in [1.82, 2.24) is 4.98 Å². The second kappa shape index (κ2) is 7.31. The van der Waals surface area contributed by atoms with Crippen LogP contribution >= 0.6 is 22.9 Å². The lowest BCUT2D eigenvalue weighted by atomic mass is 9.92. The monoisotopic (exact) mass is 443 g/mol. The summed E-state index contributed by atoms with van der Waals surface area (Å²) in [7, 11) is 0. The van der Waals surface area contributed by atoms with E-state index < -0.39 is 11.7 Å².